The van der Waals surface area contributed by atoms with Gasteiger partial charge in [-0.1, -0.05) is 44.2 Å². The maximum atomic E-state index is 11.7. The third-order valence-corrected chi connectivity index (χ3v) is 3.19. The van der Waals surface area contributed by atoms with Crippen molar-refractivity contribution in [2.45, 2.75) is 26.4 Å². The minimum atomic E-state index is -0.519. The van der Waals surface area contributed by atoms with E-state index in [4.69, 9.17) is 0 Å². The fraction of sp³-hybridized carbons (Fsp3) is 0.533. The summed E-state index contributed by atoms with van der Waals surface area (Å²) in [5, 5.41) is 12.8. The standard InChI is InChI=1S/C15H24N2O2/c1-3-17(4-2)12-15(19)16-11-10-14(18)13-8-6-5-7-9-13/h5-9,14,18H,3-4,10-12H2,1-2H3,(H,16,19). The van der Waals surface area contributed by atoms with E-state index in [1.165, 1.54) is 0 Å². The molecule has 0 aliphatic heterocycles. The van der Waals surface area contributed by atoms with Crippen LogP contribution >= 0.6 is 0 Å². The predicted molar refractivity (Wildman–Crippen MR) is 76.8 cm³/mol. The van der Waals surface area contributed by atoms with E-state index < -0.39 is 6.10 Å². The lowest BCUT2D eigenvalue weighted by atomic mass is 10.1. The molecule has 106 valence electrons. The topological polar surface area (TPSA) is 52.6 Å². The van der Waals surface area contributed by atoms with Crippen molar-refractivity contribution in [1.29, 1.82) is 0 Å². The Hall–Kier alpha value is -1.39. The molecule has 0 saturated carbocycles. The highest BCUT2D eigenvalue weighted by Crippen LogP contribution is 2.14. The summed E-state index contributed by atoms with van der Waals surface area (Å²) in [4.78, 5) is 13.7. The van der Waals surface area contributed by atoms with E-state index in [9.17, 15) is 9.90 Å². The van der Waals surface area contributed by atoms with Crippen molar-refractivity contribution in [2.24, 2.45) is 0 Å². The fourth-order valence-electron chi connectivity index (χ4n) is 1.90. The van der Waals surface area contributed by atoms with Crippen LogP contribution in [0.5, 0.6) is 0 Å². The molecule has 0 saturated heterocycles. The second-order valence-electron chi connectivity index (χ2n) is 4.53. The highest BCUT2D eigenvalue weighted by molar-refractivity contribution is 5.77. The van der Waals surface area contributed by atoms with E-state index in [0.717, 1.165) is 18.7 Å². The highest BCUT2D eigenvalue weighted by Gasteiger charge is 2.09. The first-order valence-corrected chi connectivity index (χ1v) is 6.89. The Morgan fingerprint density at radius 1 is 1.26 bits per heavy atom. The Bertz CT molecular complexity index is 364. The minimum Gasteiger partial charge on any atom is -0.388 e. The highest BCUT2D eigenvalue weighted by atomic mass is 16.3. The quantitative estimate of drug-likeness (QED) is 0.749. The molecule has 0 aliphatic rings. The molecule has 0 radical (unpaired) electrons. The molecule has 4 nitrogen and oxygen atoms in total. The first kappa shape index (κ1) is 15.7. The van der Waals surface area contributed by atoms with Gasteiger partial charge >= 0.3 is 0 Å². The lowest BCUT2D eigenvalue weighted by Gasteiger charge is -2.17. The Kier molecular flexibility index (Phi) is 7.15. The summed E-state index contributed by atoms with van der Waals surface area (Å²) in [5.74, 6) is 0.0176. The molecule has 4 heteroatoms. The molecule has 0 spiro atoms. The van der Waals surface area contributed by atoms with E-state index >= 15 is 0 Å². The SMILES string of the molecule is CCN(CC)CC(=O)NCCC(O)c1ccccc1. The maximum absolute atomic E-state index is 11.7. The summed E-state index contributed by atoms with van der Waals surface area (Å²) in [7, 11) is 0. The van der Waals surface area contributed by atoms with Gasteiger partial charge in [0, 0.05) is 6.54 Å². The van der Waals surface area contributed by atoms with Crippen LogP contribution in [0.15, 0.2) is 30.3 Å². The molecule has 1 atom stereocenters. The Balaban J connectivity index is 2.25. The number of carbonyl (C=O) groups is 1. The van der Waals surface area contributed by atoms with E-state index in [1.54, 1.807) is 0 Å². The van der Waals surface area contributed by atoms with E-state index in [0.29, 0.717) is 19.5 Å². The van der Waals surface area contributed by atoms with Gasteiger partial charge in [-0.15, -0.1) is 0 Å². The number of aliphatic hydroxyl groups excluding tert-OH is 1. The smallest absolute Gasteiger partial charge is 0.234 e. The average Bonchev–Trinajstić information content (AvgIpc) is 2.45. The maximum Gasteiger partial charge on any atom is 0.234 e. The zero-order chi connectivity index (χ0) is 14.1. The normalized spacial score (nSPS) is 12.4. The van der Waals surface area contributed by atoms with Crippen molar-refractivity contribution in [3.05, 3.63) is 35.9 Å². The number of rotatable bonds is 8. The number of hydrogen-bond acceptors (Lipinski definition) is 3. The Labute approximate surface area is 115 Å². The zero-order valence-electron chi connectivity index (χ0n) is 11.8. The van der Waals surface area contributed by atoms with Crippen LogP contribution in [-0.2, 0) is 4.79 Å². The number of nitrogens with one attached hydrogen (secondary N) is 1. The van der Waals surface area contributed by atoms with Crippen molar-refractivity contribution < 1.29 is 9.90 Å². The number of aliphatic hydroxyl groups is 1. The molecule has 0 fully saturated rings. The van der Waals surface area contributed by atoms with E-state index in [2.05, 4.69) is 10.2 Å². The van der Waals surface area contributed by atoms with E-state index in [1.807, 2.05) is 44.2 Å². The third-order valence-electron chi connectivity index (χ3n) is 3.19. The van der Waals surface area contributed by atoms with Crippen LogP contribution in [0, 0.1) is 0 Å². The summed E-state index contributed by atoms with van der Waals surface area (Å²) < 4.78 is 0. The first-order chi connectivity index (χ1) is 9.17. The monoisotopic (exact) mass is 264 g/mol. The molecule has 1 rings (SSSR count). The molecule has 1 unspecified atom stereocenters. The number of amides is 1. The number of hydrogen-bond donors (Lipinski definition) is 2. The second kappa shape index (κ2) is 8.67. The van der Waals surface area contributed by atoms with Gasteiger partial charge in [0.05, 0.1) is 12.6 Å². The molecule has 0 bridgehead atoms. The largest absolute Gasteiger partial charge is 0.388 e. The van der Waals surface area contributed by atoms with E-state index in [-0.39, 0.29) is 5.91 Å². The summed E-state index contributed by atoms with van der Waals surface area (Å²) in [5.41, 5.74) is 0.889. The van der Waals surface area contributed by atoms with Crippen LogP contribution in [0.3, 0.4) is 0 Å². The van der Waals surface area contributed by atoms with Gasteiger partial charge in [-0.25, -0.2) is 0 Å². The van der Waals surface area contributed by atoms with Crippen molar-refractivity contribution in [3.63, 3.8) is 0 Å². The van der Waals surface area contributed by atoms with Gasteiger partial charge in [0.1, 0.15) is 0 Å². The molecular formula is C15H24N2O2. The summed E-state index contributed by atoms with van der Waals surface area (Å²) in [6.45, 7) is 6.74. The predicted octanol–water partition coefficient (Wildman–Crippen LogP) is 1.57. The van der Waals surface area contributed by atoms with Crippen molar-refractivity contribution in [3.8, 4) is 0 Å². The van der Waals surface area contributed by atoms with Gasteiger partial charge < -0.3 is 10.4 Å². The number of likely N-dealkylation sites (N-methyl/N-ethyl adjacent to an activating group) is 1. The lowest BCUT2D eigenvalue weighted by molar-refractivity contribution is -0.122. The van der Waals surface area contributed by atoms with Gasteiger partial charge in [-0.05, 0) is 25.1 Å². The molecule has 0 aromatic heterocycles. The van der Waals surface area contributed by atoms with Crippen molar-refractivity contribution >= 4 is 5.91 Å². The van der Waals surface area contributed by atoms with Crippen LogP contribution in [0.1, 0.15) is 31.9 Å². The minimum absolute atomic E-state index is 0.0176. The molecule has 1 aromatic rings. The van der Waals surface area contributed by atoms with Crippen molar-refractivity contribution in [1.82, 2.24) is 10.2 Å². The van der Waals surface area contributed by atoms with Crippen LogP contribution in [-0.4, -0.2) is 42.1 Å². The van der Waals surface area contributed by atoms with Crippen LogP contribution in [0.4, 0.5) is 0 Å². The molecule has 1 amide bonds. The molecule has 1 aromatic carbocycles. The second-order valence-corrected chi connectivity index (χ2v) is 4.53. The summed E-state index contributed by atoms with van der Waals surface area (Å²) >= 11 is 0. The van der Waals surface area contributed by atoms with Gasteiger partial charge in [0.15, 0.2) is 0 Å². The number of carbonyl (C=O) groups excluding carboxylic acids is 1. The number of benzene rings is 1. The zero-order valence-corrected chi connectivity index (χ0v) is 11.8. The van der Waals surface area contributed by atoms with Crippen LogP contribution in [0.25, 0.3) is 0 Å². The average molecular weight is 264 g/mol. The summed E-state index contributed by atoms with van der Waals surface area (Å²) in [6.07, 6.45) is 0.0172. The molecule has 2 N–H and O–H groups in total. The number of nitrogens with zero attached hydrogens (tertiary/aromatic N) is 1. The Morgan fingerprint density at radius 3 is 2.47 bits per heavy atom. The van der Waals surface area contributed by atoms with Crippen molar-refractivity contribution in [2.75, 3.05) is 26.2 Å². The van der Waals surface area contributed by atoms with Gasteiger partial charge in [0.2, 0.25) is 5.91 Å². The van der Waals surface area contributed by atoms with Gasteiger partial charge in [-0.2, -0.15) is 0 Å². The Morgan fingerprint density at radius 2 is 1.89 bits per heavy atom. The fourth-order valence-corrected chi connectivity index (χ4v) is 1.90. The molecule has 0 aliphatic carbocycles. The van der Waals surface area contributed by atoms with Gasteiger partial charge in [-0.3, -0.25) is 9.69 Å². The summed E-state index contributed by atoms with van der Waals surface area (Å²) in [6, 6.07) is 9.50. The lowest BCUT2D eigenvalue weighted by Crippen LogP contribution is -2.37. The first-order valence-electron chi connectivity index (χ1n) is 6.89. The molecule has 19 heavy (non-hydrogen) atoms. The molecular weight excluding hydrogens is 240 g/mol. The third kappa shape index (κ3) is 5.85. The van der Waals surface area contributed by atoms with Crippen LogP contribution in [0.2, 0.25) is 0 Å². The van der Waals surface area contributed by atoms with Gasteiger partial charge in [0.25, 0.3) is 0 Å². The van der Waals surface area contributed by atoms with Crippen LogP contribution < -0.4 is 5.32 Å². The molecule has 0 heterocycles.